The number of rotatable bonds is 9. The number of carboxylic acids is 1. The number of nitrogens with zero attached hydrogens (tertiary/aromatic N) is 1. The SMILES string of the molecule is CC(C)C(=O)N(CCC1CC(CC(=O)OC(C)(C)C)OC(C)(C)O1)C(C(=O)O)c1ccc(F)cc1. The first-order chi connectivity index (χ1) is 16.1. The minimum atomic E-state index is -1.27. The average molecular weight is 496 g/mol. The van der Waals surface area contributed by atoms with Crippen molar-refractivity contribution in [1.82, 2.24) is 4.90 Å². The second-order valence-electron chi connectivity index (χ2n) is 10.7. The fourth-order valence-electron chi connectivity index (χ4n) is 4.17. The predicted octanol–water partition coefficient (Wildman–Crippen LogP) is 4.47. The van der Waals surface area contributed by atoms with E-state index in [9.17, 15) is 23.9 Å². The Hall–Kier alpha value is -2.52. The van der Waals surface area contributed by atoms with E-state index in [1.165, 1.54) is 29.2 Å². The van der Waals surface area contributed by atoms with Gasteiger partial charge in [-0.2, -0.15) is 0 Å². The third kappa shape index (κ3) is 8.89. The average Bonchev–Trinajstić information content (AvgIpc) is 2.68. The van der Waals surface area contributed by atoms with E-state index in [1.54, 1.807) is 48.5 Å². The lowest BCUT2D eigenvalue weighted by Crippen LogP contribution is -2.48. The van der Waals surface area contributed by atoms with Gasteiger partial charge in [-0.3, -0.25) is 9.59 Å². The molecular formula is C26H38FNO7. The van der Waals surface area contributed by atoms with Crippen LogP contribution in [0, 0.1) is 11.7 Å². The van der Waals surface area contributed by atoms with Gasteiger partial charge in [0.15, 0.2) is 11.8 Å². The van der Waals surface area contributed by atoms with Crippen LogP contribution in [0.2, 0.25) is 0 Å². The van der Waals surface area contributed by atoms with Crippen LogP contribution in [-0.2, 0) is 28.6 Å². The lowest BCUT2D eigenvalue weighted by Gasteiger charge is -2.41. The van der Waals surface area contributed by atoms with Gasteiger partial charge < -0.3 is 24.2 Å². The van der Waals surface area contributed by atoms with Crippen LogP contribution in [0.3, 0.4) is 0 Å². The van der Waals surface area contributed by atoms with Crippen LogP contribution in [-0.4, -0.2) is 58.0 Å². The number of halogens is 1. The minimum Gasteiger partial charge on any atom is -0.479 e. The number of hydrogen-bond donors (Lipinski definition) is 1. The topological polar surface area (TPSA) is 102 Å². The van der Waals surface area contributed by atoms with Gasteiger partial charge in [0.1, 0.15) is 11.4 Å². The van der Waals surface area contributed by atoms with Gasteiger partial charge in [0.05, 0.1) is 18.6 Å². The smallest absolute Gasteiger partial charge is 0.331 e. The number of carbonyl (C=O) groups is 3. The quantitative estimate of drug-likeness (QED) is 0.504. The van der Waals surface area contributed by atoms with Gasteiger partial charge in [0, 0.05) is 18.9 Å². The fraction of sp³-hybridized carbons (Fsp3) is 0.654. The van der Waals surface area contributed by atoms with E-state index >= 15 is 0 Å². The summed E-state index contributed by atoms with van der Waals surface area (Å²) in [5.74, 6) is -3.82. The number of ether oxygens (including phenoxy) is 3. The Balaban J connectivity index is 2.19. The number of amides is 1. The molecule has 1 heterocycles. The Morgan fingerprint density at radius 1 is 1.14 bits per heavy atom. The maximum Gasteiger partial charge on any atom is 0.331 e. The zero-order valence-corrected chi connectivity index (χ0v) is 21.7. The van der Waals surface area contributed by atoms with E-state index in [-0.39, 0.29) is 30.9 Å². The molecule has 1 aromatic rings. The monoisotopic (exact) mass is 495 g/mol. The summed E-state index contributed by atoms with van der Waals surface area (Å²) in [7, 11) is 0. The molecule has 1 N–H and O–H groups in total. The Bertz CT molecular complexity index is 892. The number of esters is 1. The zero-order valence-electron chi connectivity index (χ0n) is 21.7. The van der Waals surface area contributed by atoms with Crippen LogP contribution >= 0.6 is 0 Å². The molecule has 0 aliphatic carbocycles. The van der Waals surface area contributed by atoms with Gasteiger partial charge in [0.2, 0.25) is 5.91 Å². The van der Waals surface area contributed by atoms with Crippen LogP contribution in [0.15, 0.2) is 24.3 Å². The Labute approximate surface area is 206 Å². The van der Waals surface area contributed by atoms with E-state index in [4.69, 9.17) is 14.2 Å². The van der Waals surface area contributed by atoms with E-state index in [0.717, 1.165) is 0 Å². The highest BCUT2D eigenvalue weighted by Crippen LogP contribution is 2.32. The number of aliphatic carboxylic acids is 1. The van der Waals surface area contributed by atoms with Gasteiger partial charge in [0.25, 0.3) is 0 Å². The molecule has 1 amide bonds. The van der Waals surface area contributed by atoms with Gasteiger partial charge in [-0.1, -0.05) is 26.0 Å². The van der Waals surface area contributed by atoms with E-state index in [0.29, 0.717) is 18.4 Å². The molecule has 1 aromatic carbocycles. The predicted molar refractivity (Wildman–Crippen MR) is 127 cm³/mol. The molecule has 3 atom stereocenters. The van der Waals surface area contributed by atoms with Crippen molar-refractivity contribution in [2.24, 2.45) is 5.92 Å². The maximum atomic E-state index is 13.4. The lowest BCUT2D eigenvalue weighted by atomic mass is 10.00. The summed E-state index contributed by atoms with van der Waals surface area (Å²) < 4.78 is 30.8. The highest BCUT2D eigenvalue weighted by atomic mass is 19.1. The van der Waals surface area contributed by atoms with Crippen molar-refractivity contribution in [3.05, 3.63) is 35.6 Å². The summed E-state index contributed by atoms with van der Waals surface area (Å²) in [4.78, 5) is 38.9. The first-order valence-corrected chi connectivity index (χ1v) is 11.9. The molecular weight excluding hydrogens is 457 g/mol. The molecule has 8 nitrogen and oxygen atoms in total. The summed E-state index contributed by atoms with van der Waals surface area (Å²) in [5.41, 5.74) is -0.301. The molecule has 0 saturated carbocycles. The second kappa shape index (κ2) is 11.5. The highest BCUT2D eigenvalue weighted by Gasteiger charge is 2.39. The van der Waals surface area contributed by atoms with Crippen molar-refractivity contribution in [1.29, 1.82) is 0 Å². The zero-order chi connectivity index (χ0) is 26.6. The molecule has 0 spiro atoms. The largest absolute Gasteiger partial charge is 0.479 e. The Morgan fingerprint density at radius 3 is 2.23 bits per heavy atom. The molecule has 35 heavy (non-hydrogen) atoms. The van der Waals surface area contributed by atoms with Crippen LogP contribution < -0.4 is 0 Å². The maximum absolute atomic E-state index is 13.4. The second-order valence-corrected chi connectivity index (χ2v) is 10.7. The highest BCUT2D eigenvalue weighted by molar-refractivity contribution is 5.85. The summed E-state index contributed by atoms with van der Waals surface area (Å²) in [6, 6.07) is 3.83. The summed E-state index contributed by atoms with van der Waals surface area (Å²) in [6.07, 6.45) is -0.0407. The summed E-state index contributed by atoms with van der Waals surface area (Å²) in [5, 5.41) is 9.96. The Morgan fingerprint density at radius 2 is 1.71 bits per heavy atom. The molecule has 0 bridgehead atoms. The van der Waals surface area contributed by atoms with Crippen molar-refractivity contribution in [2.75, 3.05) is 6.54 Å². The molecule has 9 heteroatoms. The van der Waals surface area contributed by atoms with Crippen LogP contribution in [0.4, 0.5) is 4.39 Å². The van der Waals surface area contributed by atoms with E-state index in [2.05, 4.69) is 0 Å². The van der Waals surface area contributed by atoms with Crippen LogP contribution in [0.1, 0.15) is 79.3 Å². The molecule has 1 saturated heterocycles. The standard InChI is InChI=1S/C26H38FNO7/c1-16(2)23(30)28(22(24(31)32)17-8-10-18(27)11-9-17)13-12-19-14-20(34-26(6,7)33-19)15-21(29)35-25(3,4)5/h8-11,16,19-20,22H,12-15H2,1-7H3,(H,31,32). The van der Waals surface area contributed by atoms with Crippen molar-refractivity contribution < 1.29 is 38.1 Å². The molecule has 0 aromatic heterocycles. The Kier molecular flexibility index (Phi) is 9.42. The first kappa shape index (κ1) is 28.7. The van der Waals surface area contributed by atoms with Gasteiger partial charge in [-0.25, -0.2) is 9.18 Å². The summed E-state index contributed by atoms with van der Waals surface area (Å²) in [6.45, 7) is 12.4. The number of carboxylic acid groups (broad SMARTS) is 1. The molecule has 1 aliphatic rings. The summed E-state index contributed by atoms with van der Waals surface area (Å²) >= 11 is 0. The van der Waals surface area contributed by atoms with E-state index < -0.39 is 41.2 Å². The lowest BCUT2D eigenvalue weighted by molar-refractivity contribution is -0.301. The number of hydrogen-bond acceptors (Lipinski definition) is 6. The third-order valence-electron chi connectivity index (χ3n) is 5.44. The third-order valence-corrected chi connectivity index (χ3v) is 5.44. The normalized spacial score (nSPS) is 20.8. The van der Waals surface area contributed by atoms with Crippen molar-refractivity contribution in [3.8, 4) is 0 Å². The molecule has 196 valence electrons. The molecule has 1 fully saturated rings. The van der Waals surface area contributed by atoms with Crippen molar-refractivity contribution in [3.63, 3.8) is 0 Å². The van der Waals surface area contributed by atoms with E-state index in [1.807, 2.05) is 0 Å². The van der Waals surface area contributed by atoms with Crippen LogP contribution in [0.25, 0.3) is 0 Å². The van der Waals surface area contributed by atoms with Gasteiger partial charge in [-0.05, 0) is 58.7 Å². The molecule has 0 radical (unpaired) electrons. The van der Waals surface area contributed by atoms with Gasteiger partial charge in [-0.15, -0.1) is 0 Å². The fourth-order valence-corrected chi connectivity index (χ4v) is 4.17. The molecule has 2 rings (SSSR count). The molecule has 1 aliphatic heterocycles. The van der Waals surface area contributed by atoms with Gasteiger partial charge >= 0.3 is 11.9 Å². The van der Waals surface area contributed by atoms with Crippen molar-refractivity contribution in [2.45, 2.75) is 97.4 Å². The van der Waals surface area contributed by atoms with Crippen LogP contribution in [0.5, 0.6) is 0 Å². The minimum absolute atomic E-state index is 0.0581. The van der Waals surface area contributed by atoms with Crippen molar-refractivity contribution >= 4 is 17.8 Å². The first-order valence-electron chi connectivity index (χ1n) is 11.9. The number of benzene rings is 1. The number of carbonyl (C=O) groups excluding carboxylic acids is 2. The molecule has 3 unspecified atom stereocenters.